The monoisotopic (exact) mass is 340 g/mol. The molecule has 2 heterocycles. The molecule has 1 aromatic heterocycles. The first-order valence-corrected chi connectivity index (χ1v) is 7.77. The summed E-state index contributed by atoms with van der Waals surface area (Å²) in [5.74, 6) is -0.0258. The van der Waals surface area contributed by atoms with Gasteiger partial charge in [-0.1, -0.05) is 12.8 Å². The van der Waals surface area contributed by atoms with Gasteiger partial charge in [0.1, 0.15) is 0 Å². The molecule has 6 heteroatoms. The Kier molecular flexibility index (Phi) is 3.94. The number of nitrogens with zero attached hydrogens (tertiary/aromatic N) is 1. The molecule has 1 saturated carbocycles. The van der Waals surface area contributed by atoms with Crippen LogP contribution in [0.5, 0.6) is 0 Å². The number of aromatic nitrogens is 1. The van der Waals surface area contributed by atoms with Crippen LogP contribution in [0.2, 0.25) is 0 Å². The molecular weight excluding hydrogens is 324 g/mol. The molecule has 1 aliphatic carbocycles. The van der Waals surface area contributed by atoms with Crippen LogP contribution in [0.1, 0.15) is 36.0 Å². The fraction of sp³-hybridized carbons (Fsp3) is 0.571. The number of rotatable bonds is 1. The second-order valence-corrected chi connectivity index (χ2v) is 6.18. The Morgan fingerprint density at radius 3 is 3.00 bits per heavy atom. The molecule has 1 aliphatic heterocycles. The Morgan fingerprint density at radius 1 is 1.40 bits per heavy atom. The van der Waals surface area contributed by atoms with Gasteiger partial charge in [-0.2, -0.15) is 0 Å². The molecule has 1 aromatic rings. The normalized spacial score (nSPS) is 26.1. The zero-order valence-corrected chi connectivity index (χ0v) is 12.7. The van der Waals surface area contributed by atoms with E-state index in [1.54, 1.807) is 6.07 Å². The first-order chi connectivity index (χ1) is 9.66. The molecule has 2 atom stereocenters. The van der Waals surface area contributed by atoms with Crippen LogP contribution in [-0.2, 0) is 4.74 Å². The number of hydrogen-bond donors (Lipinski definition) is 1. The third-order valence-corrected chi connectivity index (χ3v) is 4.69. The molecule has 108 valence electrons. The number of amides is 1. The van der Waals surface area contributed by atoms with Crippen LogP contribution in [0.3, 0.4) is 0 Å². The predicted octanol–water partition coefficient (Wildman–Crippen LogP) is 1.92. The zero-order chi connectivity index (χ0) is 14.1. The third kappa shape index (κ3) is 2.54. The van der Waals surface area contributed by atoms with E-state index in [1.165, 1.54) is 12.6 Å². The van der Waals surface area contributed by atoms with Crippen LogP contribution in [0.25, 0.3) is 0 Å². The van der Waals surface area contributed by atoms with Crippen molar-refractivity contribution in [3.63, 3.8) is 0 Å². The summed E-state index contributed by atoms with van der Waals surface area (Å²) in [6, 6.07) is 1.77. The number of ether oxygens (including phenoxy) is 1. The molecule has 1 saturated heterocycles. The Balaban J connectivity index is 1.84. The van der Waals surface area contributed by atoms with Gasteiger partial charge in [-0.15, -0.1) is 0 Å². The number of morpholine rings is 1. The van der Waals surface area contributed by atoms with E-state index < -0.39 is 0 Å². The molecule has 1 amide bonds. The van der Waals surface area contributed by atoms with E-state index in [0.29, 0.717) is 23.2 Å². The van der Waals surface area contributed by atoms with Gasteiger partial charge >= 0.3 is 0 Å². The van der Waals surface area contributed by atoms with Crippen LogP contribution in [0, 0.1) is 0 Å². The minimum Gasteiger partial charge on any atom is -0.374 e. The standard InChI is InChI=1S/C14H17BrN2O3/c15-10-7-9(8-16-13(10)18)14(19)17-5-6-20-12-4-2-1-3-11(12)17/h7-8,11-12H,1-6H2,(H,16,18)/t11-,12+/m1/s1. The van der Waals surface area contributed by atoms with Gasteiger partial charge in [-0.05, 0) is 34.8 Å². The summed E-state index contributed by atoms with van der Waals surface area (Å²) in [6.07, 6.45) is 6.01. The molecule has 0 unspecified atom stereocenters. The minimum atomic E-state index is -0.223. The maximum absolute atomic E-state index is 12.6. The van der Waals surface area contributed by atoms with Crippen molar-refractivity contribution in [1.29, 1.82) is 0 Å². The fourth-order valence-corrected chi connectivity index (χ4v) is 3.45. The number of carbonyl (C=O) groups is 1. The number of nitrogens with one attached hydrogen (secondary N) is 1. The smallest absolute Gasteiger partial charge is 0.262 e. The first-order valence-electron chi connectivity index (χ1n) is 6.97. The third-order valence-electron chi connectivity index (χ3n) is 4.10. The Hall–Kier alpha value is -1.14. The van der Waals surface area contributed by atoms with E-state index in [1.807, 2.05) is 4.90 Å². The lowest BCUT2D eigenvalue weighted by Crippen LogP contribution is -2.54. The maximum atomic E-state index is 12.6. The number of hydrogen-bond acceptors (Lipinski definition) is 3. The Morgan fingerprint density at radius 2 is 2.20 bits per heavy atom. The van der Waals surface area contributed by atoms with E-state index in [-0.39, 0.29) is 23.6 Å². The van der Waals surface area contributed by atoms with Crippen molar-refractivity contribution in [2.75, 3.05) is 13.2 Å². The predicted molar refractivity (Wildman–Crippen MR) is 77.8 cm³/mol. The SMILES string of the molecule is O=C(c1c[nH]c(=O)c(Br)c1)N1CCO[C@H]2CCCC[C@H]21. The van der Waals surface area contributed by atoms with Crippen molar-refractivity contribution in [2.45, 2.75) is 37.8 Å². The molecule has 1 N–H and O–H groups in total. The molecule has 2 fully saturated rings. The van der Waals surface area contributed by atoms with Crippen LogP contribution >= 0.6 is 15.9 Å². The number of fused-ring (bicyclic) bond motifs is 1. The lowest BCUT2D eigenvalue weighted by Gasteiger charge is -2.43. The van der Waals surface area contributed by atoms with Gasteiger partial charge in [0.05, 0.1) is 28.8 Å². The van der Waals surface area contributed by atoms with Gasteiger partial charge in [0.15, 0.2) is 0 Å². The topological polar surface area (TPSA) is 62.4 Å². The van der Waals surface area contributed by atoms with Crippen LogP contribution < -0.4 is 5.56 Å². The average Bonchev–Trinajstić information content (AvgIpc) is 2.49. The van der Waals surface area contributed by atoms with Gasteiger partial charge in [0.2, 0.25) is 0 Å². The quantitative estimate of drug-likeness (QED) is 0.849. The molecule has 20 heavy (non-hydrogen) atoms. The minimum absolute atomic E-state index is 0.0258. The molecule has 5 nitrogen and oxygen atoms in total. The number of H-pyrrole nitrogens is 1. The summed E-state index contributed by atoms with van der Waals surface area (Å²) >= 11 is 3.17. The van der Waals surface area contributed by atoms with E-state index >= 15 is 0 Å². The lowest BCUT2D eigenvalue weighted by molar-refractivity contribution is -0.0752. The molecule has 0 radical (unpaired) electrons. The molecule has 0 aromatic carbocycles. The Labute approximate surface area is 125 Å². The number of halogens is 1. The highest BCUT2D eigenvalue weighted by atomic mass is 79.9. The largest absolute Gasteiger partial charge is 0.374 e. The van der Waals surface area contributed by atoms with Crippen molar-refractivity contribution >= 4 is 21.8 Å². The number of aromatic amines is 1. The molecule has 2 aliphatic rings. The van der Waals surface area contributed by atoms with Crippen molar-refractivity contribution < 1.29 is 9.53 Å². The lowest BCUT2D eigenvalue weighted by atomic mass is 9.90. The van der Waals surface area contributed by atoms with Gasteiger partial charge in [-0.3, -0.25) is 9.59 Å². The highest BCUT2D eigenvalue weighted by Crippen LogP contribution is 2.29. The average molecular weight is 341 g/mol. The summed E-state index contributed by atoms with van der Waals surface area (Å²) in [6.45, 7) is 1.22. The molecular formula is C14H17BrN2O3. The maximum Gasteiger partial charge on any atom is 0.262 e. The molecule has 0 spiro atoms. The number of carbonyl (C=O) groups excluding carboxylic acids is 1. The van der Waals surface area contributed by atoms with Crippen LogP contribution in [0.4, 0.5) is 0 Å². The van der Waals surface area contributed by atoms with E-state index in [0.717, 1.165) is 19.3 Å². The molecule has 3 rings (SSSR count). The highest BCUT2D eigenvalue weighted by molar-refractivity contribution is 9.10. The summed E-state index contributed by atoms with van der Waals surface area (Å²) in [5.41, 5.74) is 0.293. The van der Waals surface area contributed by atoms with Crippen molar-refractivity contribution in [1.82, 2.24) is 9.88 Å². The summed E-state index contributed by atoms with van der Waals surface area (Å²) < 4.78 is 6.17. The molecule has 0 bridgehead atoms. The van der Waals surface area contributed by atoms with Crippen molar-refractivity contribution in [3.8, 4) is 0 Å². The Bertz CT molecular complexity index is 570. The highest BCUT2D eigenvalue weighted by Gasteiger charge is 2.37. The van der Waals surface area contributed by atoms with Crippen molar-refractivity contribution in [2.24, 2.45) is 0 Å². The number of pyridine rings is 1. The van der Waals surface area contributed by atoms with E-state index in [4.69, 9.17) is 4.74 Å². The van der Waals surface area contributed by atoms with Gasteiger partial charge in [0.25, 0.3) is 11.5 Å². The van der Waals surface area contributed by atoms with Gasteiger partial charge in [-0.25, -0.2) is 0 Å². The second kappa shape index (κ2) is 5.69. The van der Waals surface area contributed by atoms with Crippen LogP contribution in [-0.4, -0.2) is 41.1 Å². The first kappa shape index (κ1) is 13.8. The van der Waals surface area contributed by atoms with Crippen LogP contribution in [0.15, 0.2) is 21.5 Å². The summed E-state index contributed by atoms with van der Waals surface area (Å²) in [7, 11) is 0. The summed E-state index contributed by atoms with van der Waals surface area (Å²) in [4.78, 5) is 28.5. The second-order valence-electron chi connectivity index (χ2n) is 5.33. The fourth-order valence-electron chi connectivity index (χ4n) is 3.09. The van der Waals surface area contributed by atoms with Crippen molar-refractivity contribution in [3.05, 3.63) is 32.7 Å². The zero-order valence-electron chi connectivity index (χ0n) is 11.1. The van der Waals surface area contributed by atoms with E-state index in [2.05, 4.69) is 20.9 Å². The van der Waals surface area contributed by atoms with Gasteiger partial charge in [0, 0.05) is 12.7 Å². The summed E-state index contributed by atoms with van der Waals surface area (Å²) in [5, 5.41) is 0. The van der Waals surface area contributed by atoms with Gasteiger partial charge < -0.3 is 14.6 Å². The van der Waals surface area contributed by atoms with E-state index in [9.17, 15) is 9.59 Å².